The number of carbonyl (C=O) groups is 4. The number of imide groups is 2. The molecule has 5 rings (SSSR count). The standard InChI is InChI=1S/C23H22N4O4/c28-19-9-8-18(20(29)26-19)27-21(30)16-7-6-14(10-17(16)22(27)31)11-25-23(12-24-13-23)15-4-2-1-3-5-15/h1-7,10,18,24-25H,8-9,11-13H2,(H,26,28,29). The molecular weight excluding hydrogens is 396 g/mol. The van der Waals surface area contributed by atoms with Crippen molar-refractivity contribution >= 4 is 23.6 Å². The molecule has 8 heteroatoms. The molecule has 0 radical (unpaired) electrons. The summed E-state index contributed by atoms with van der Waals surface area (Å²) >= 11 is 0. The Labute approximate surface area is 179 Å². The summed E-state index contributed by atoms with van der Waals surface area (Å²) in [6.07, 6.45) is 0.256. The van der Waals surface area contributed by atoms with E-state index in [0.29, 0.717) is 17.7 Å². The number of rotatable bonds is 5. The van der Waals surface area contributed by atoms with E-state index < -0.39 is 23.8 Å². The summed E-state index contributed by atoms with van der Waals surface area (Å²) in [6.45, 7) is 2.15. The van der Waals surface area contributed by atoms with Crippen LogP contribution in [0.3, 0.4) is 0 Å². The molecule has 31 heavy (non-hydrogen) atoms. The zero-order chi connectivity index (χ0) is 21.6. The number of carbonyl (C=O) groups excluding carboxylic acids is 4. The van der Waals surface area contributed by atoms with E-state index in [1.165, 1.54) is 5.56 Å². The molecule has 1 unspecified atom stereocenters. The first kappa shape index (κ1) is 19.6. The molecule has 1 atom stereocenters. The van der Waals surface area contributed by atoms with Gasteiger partial charge in [-0.3, -0.25) is 29.4 Å². The second-order valence-corrected chi connectivity index (χ2v) is 8.23. The number of nitrogens with zero attached hydrogens (tertiary/aromatic N) is 1. The number of fused-ring (bicyclic) bond motifs is 1. The first-order valence-electron chi connectivity index (χ1n) is 10.3. The summed E-state index contributed by atoms with van der Waals surface area (Å²) in [4.78, 5) is 50.4. The summed E-state index contributed by atoms with van der Waals surface area (Å²) in [5.41, 5.74) is 2.51. The molecule has 0 aromatic heterocycles. The number of hydrogen-bond acceptors (Lipinski definition) is 6. The monoisotopic (exact) mass is 418 g/mol. The Balaban J connectivity index is 1.35. The molecule has 158 valence electrons. The third-order valence-corrected chi connectivity index (χ3v) is 6.32. The summed E-state index contributed by atoms with van der Waals surface area (Å²) in [6, 6.07) is 14.4. The molecule has 2 aromatic rings. The lowest BCUT2D eigenvalue weighted by atomic mass is 9.84. The third kappa shape index (κ3) is 3.24. The Morgan fingerprint density at radius 3 is 2.39 bits per heavy atom. The lowest BCUT2D eigenvalue weighted by Gasteiger charge is -2.44. The van der Waals surface area contributed by atoms with Crippen LogP contribution in [0.15, 0.2) is 48.5 Å². The van der Waals surface area contributed by atoms with E-state index in [1.807, 2.05) is 24.3 Å². The molecule has 8 nitrogen and oxygen atoms in total. The predicted molar refractivity (Wildman–Crippen MR) is 111 cm³/mol. The molecule has 2 aromatic carbocycles. The van der Waals surface area contributed by atoms with E-state index in [2.05, 4.69) is 28.1 Å². The second-order valence-electron chi connectivity index (χ2n) is 8.23. The molecule has 3 N–H and O–H groups in total. The Morgan fingerprint density at radius 2 is 1.71 bits per heavy atom. The van der Waals surface area contributed by atoms with Crippen LogP contribution in [-0.2, 0) is 21.7 Å². The van der Waals surface area contributed by atoms with Crippen LogP contribution in [0.25, 0.3) is 0 Å². The predicted octanol–water partition coefficient (Wildman–Crippen LogP) is 0.676. The van der Waals surface area contributed by atoms with Crippen LogP contribution in [0.1, 0.15) is 44.7 Å². The maximum atomic E-state index is 13.0. The molecule has 4 amide bonds. The Morgan fingerprint density at radius 1 is 0.968 bits per heavy atom. The molecule has 3 heterocycles. The number of amides is 4. The van der Waals surface area contributed by atoms with Crippen LogP contribution in [0.4, 0.5) is 0 Å². The van der Waals surface area contributed by atoms with E-state index >= 15 is 0 Å². The largest absolute Gasteiger partial charge is 0.312 e. The van der Waals surface area contributed by atoms with Crippen LogP contribution in [-0.4, -0.2) is 47.7 Å². The first-order valence-corrected chi connectivity index (χ1v) is 10.3. The Hall–Kier alpha value is -3.36. The van der Waals surface area contributed by atoms with Crippen molar-refractivity contribution in [1.29, 1.82) is 0 Å². The van der Waals surface area contributed by atoms with Gasteiger partial charge in [0, 0.05) is 26.1 Å². The minimum atomic E-state index is -0.950. The highest BCUT2D eigenvalue weighted by Crippen LogP contribution is 2.29. The van der Waals surface area contributed by atoms with Crippen molar-refractivity contribution in [3.63, 3.8) is 0 Å². The fourth-order valence-electron chi connectivity index (χ4n) is 4.46. The number of nitrogens with one attached hydrogen (secondary N) is 3. The molecular formula is C23H22N4O4. The maximum absolute atomic E-state index is 13.0. The van der Waals surface area contributed by atoms with E-state index in [0.717, 1.165) is 23.6 Å². The van der Waals surface area contributed by atoms with Crippen molar-refractivity contribution in [2.45, 2.75) is 31.0 Å². The fraction of sp³-hybridized carbons (Fsp3) is 0.304. The van der Waals surface area contributed by atoms with E-state index in [4.69, 9.17) is 0 Å². The van der Waals surface area contributed by atoms with Crippen LogP contribution >= 0.6 is 0 Å². The quantitative estimate of drug-likeness (QED) is 0.617. The Bertz CT molecular complexity index is 1090. The molecule has 3 aliphatic heterocycles. The van der Waals surface area contributed by atoms with Gasteiger partial charge in [0.05, 0.1) is 16.7 Å². The van der Waals surface area contributed by atoms with Gasteiger partial charge in [0.1, 0.15) is 6.04 Å². The number of benzene rings is 2. The molecule has 0 aliphatic carbocycles. The average molecular weight is 418 g/mol. The van der Waals surface area contributed by atoms with Crippen molar-refractivity contribution in [2.75, 3.05) is 13.1 Å². The lowest BCUT2D eigenvalue weighted by Crippen LogP contribution is -2.64. The van der Waals surface area contributed by atoms with Gasteiger partial charge in [0.25, 0.3) is 11.8 Å². The van der Waals surface area contributed by atoms with Gasteiger partial charge in [-0.1, -0.05) is 36.4 Å². The SMILES string of the molecule is O=C1CCC(N2C(=O)c3ccc(CNC4(c5ccccc5)CNC4)cc3C2=O)C(=O)N1. The molecule has 0 bridgehead atoms. The Kier molecular flexibility index (Phi) is 4.68. The van der Waals surface area contributed by atoms with Crippen molar-refractivity contribution in [3.8, 4) is 0 Å². The van der Waals surface area contributed by atoms with E-state index in [1.54, 1.807) is 12.1 Å². The van der Waals surface area contributed by atoms with Gasteiger partial charge in [-0.15, -0.1) is 0 Å². The lowest BCUT2D eigenvalue weighted by molar-refractivity contribution is -0.136. The van der Waals surface area contributed by atoms with Gasteiger partial charge in [0.2, 0.25) is 11.8 Å². The minimum Gasteiger partial charge on any atom is -0.312 e. The van der Waals surface area contributed by atoms with Crippen molar-refractivity contribution in [2.24, 2.45) is 0 Å². The van der Waals surface area contributed by atoms with Gasteiger partial charge >= 0.3 is 0 Å². The third-order valence-electron chi connectivity index (χ3n) is 6.32. The van der Waals surface area contributed by atoms with Gasteiger partial charge in [-0.25, -0.2) is 0 Å². The summed E-state index contributed by atoms with van der Waals surface area (Å²) < 4.78 is 0. The van der Waals surface area contributed by atoms with Crippen LogP contribution in [0.5, 0.6) is 0 Å². The topological polar surface area (TPSA) is 108 Å². The minimum absolute atomic E-state index is 0.106. The number of hydrogen-bond donors (Lipinski definition) is 3. The summed E-state index contributed by atoms with van der Waals surface area (Å²) in [5.74, 6) is -1.96. The van der Waals surface area contributed by atoms with E-state index in [-0.39, 0.29) is 24.3 Å². The van der Waals surface area contributed by atoms with Crippen LogP contribution in [0.2, 0.25) is 0 Å². The van der Waals surface area contributed by atoms with Gasteiger partial charge in [-0.2, -0.15) is 0 Å². The molecule has 3 aliphatic rings. The highest BCUT2D eigenvalue weighted by atomic mass is 16.2. The van der Waals surface area contributed by atoms with Crippen molar-refractivity contribution < 1.29 is 19.2 Å². The summed E-state index contributed by atoms with van der Waals surface area (Å²) in [7, 11) is 0. The highest BCUT2D eigenvalue weighted by molar-refractivity contribution is 6.23. The molecule has 2 saturated heterocycles. The maximum Gasteiger partial charge on any atom is 0.262 e. The molecule has 2 fully saturated rings. The average Bonchev–Trinajstić information content (AvgIpc) is 2.98. The van der Waals surface area contributed by atoms with Gasteiger partial charge in [0.15, 0.2) is 0 Å². The van der Waals surface area contributed by atoms with Crippen LogP contribution < -0.4 is 16.0 Å². The van der Waals surface area contributed by atoms with Crippen LogP contribution in [0, 0.1) is 0 Å². The zero-order valence-electron chi connectivity index (χ0n) is 16.8. The highest BCUT2D eigenvalue weighted by Gasteiger charge is 2.44. The second kappa shape index (κ2) is 7.40. The molecule has 0 saturated carbocycles. The number of piperidine rings is 1. The van der Waals surface area contributed by atoms with Gasteiger partial charge in [-0.05, 0) is 29.7 Å². The fourth-order valence-corrected chi connectivity index (χ4v) is 4.46. The summed E-state index contributed by atoms with van der Waals surface area (Å²) in [5, 5.41) is 9.12. The van der Waals surface area contributed by atoms with E-state index in [9.17, 15) is 19.2 Å². The normalized spacial score (nSPS) is 22.2. The first-order chi connectivity index (χ1) is 15.0. The van der Waals surface area contributed by atoms with Crippen molar-refractivity contribution in [1.82, 2.24) is 20.9 Å². The smallest absolute Gasteiger partial charge is 0.262 e. The van der Waals surface area contributed by atoms with Gasteiger partial charge < -0.3 is 10.6 Å². The van der Waals surface area contributed by atoms with Crippen molar-refractivity contribution in [3.05, 3.63) is 70.8 Å². The molecule has 0 spiro atoms. The zero-order valence-corrected chi connectivity index (χ0v) is 16.8.